The van der Waals surface area contributed by atoms with Gasteiger partial charge in [-0.25, -0.2) is 23.4 Å². The third kappa shape index (κ3) is 4.44. The Morgan fingerprint density at radius 2 is 1.58 bits per heavy atom. The number of fused-ring (bicyclic) bond motifs is 1. The molecule has 2 aromatic carbocycles. The van der Waals surface area contributed by atoms with Crippen LogP contribution in [0.5, 0.6) is 5.75 Å². The lowest BCUT2D eigenvalue weighted by molar-refractivity contribution is -0.269. The minimum absolute atomic E-state index is 0.131. The molecule has 10 heteroatoms. The fourth-order valence-corrected chi connectivity index (χ4v) is 3.12. The summed E-state index contributed by atoms with van der Waals surface area (Å²) >= 11 is 0. The molecule has 0 bridgehead atoms. The van der Waals surface area contributed by atoms with Gasteiger partial charge in [-0.05, 0) is 29.8 Å². The third-order valence-corrected chi connectivity index (χ3v) is 4.36. The molecule has 0 saturated carbocycles. The number of hydrogen-bond acceptors (Lipinski definition) is 8. The summed E-state index contributed by atoms with van der Waals surface area (Å²) in [6.45, 7) is 0. The zero-order valence-electron chi connectivity index (χ0n) is 16.7. The van der Waals surface area contributed by atoms with E-state index in [4.69, 9.17) is 4.74 Å². The molecule has 0 aliphatic rings. The molecule has 0 aliphatic carbocycles. The molecule has 3 aromatic rings. The lowest BCUT2D eigenvalue weighted by Gasteiger charge is -2.17. The van der Waals surface area contributed by atoms with Gasteiger partial charge in [0.2, 0.25) is 0 Å². The first-order chi connectivity index (χ1) is 14.9. The highest BCUT2D eigenvalue weighted by molar-refractivity contribution is 6.04. The van der Waals surface area contributed by atoms with Gasteiger partial charge < -0.3 is 4.74 Å². The van der Waals surface area contributed by atoms with Gasteiger partial charge in [-0.15, -0.1) is 0 Å². The molecular formula is C21H17F2NO7. The van der Waals surface area contributed by atoms with Crippen LogP contribution in [0.1, 0.15) is 11.5 Å². The second kappa shape index (κ2) is 9.45. The summed E-state index contributed by atoms with van der Waals surface area (Å²) in [4.78, 5) is 47.0. The number of hydrogen-bond donors (Lipinski definition) is 0. The largest absolute Gasteiger partial charge is 0.496 e. The fraction of sp³-hybridized carbons (Fsp3) is 0.190. The van der Waals surface area contributed by atoms with Crippen molar-refractivity contribution in [2.24, 2.45) is 0 Å². The van der Waals surface area contributed by atoms with Crippen molar-refractivity contribution in [3.05, 3.63) is 59.7 Å². The number of methoxy groups -OCH3 is 1. The second-order valence-corrected chi connectivity index (χ2v) is 6.15. The van der Waals surface area contributed by atoms with Gasteiger partial charge in [-0.2, -0.15) is 9.78 Å². The Morgan fingerprint density at radius 3 is 2.19 bits per heavy atom. The first-order valence-corrected chi connectivity index (χ1v) is 8.83. The van der Waals surface area contributed by atoms with E-state index in [0.717, 1.165) is 20.3 Å². The van der Waals surface area contributed by atoms with Gasteiger partial charge in [-0.1, -0.05) is 12.1 Å². The Balaban J connectivity index is 2.36. The zero-order chi connectivity index (χ0) is 22.5. The van der Waals surface area contributed by atoms with Crippen LogP contribution in [-0.2, 0) is 29.1 Å². The van der Waals surface area contributed by atoms with E-state index in [1.54, 1.807) is 24.3 Å². The minimum Gasteiger partial charge on any atom is -0.496 e. The van der Waals surface area contributed by atoms with Gasteiger partial charge in [0.05, 0.1) is 27.0 Å². The maximum Gasteiger partial charge on any atom is 0.361 e. The van der Waals surface area contributed by atoms with E-state index >= 15 is 0 Å². The van der Waals surface area contributed by atoms with Crippen LogP contribution in [0.3, 0.4) is 0 Å². The SMILES string of the molecule is COOC(=O)C(C(=O)OOC)c1cc(-c2ccccc2OC)nc2c(F)cc(F)cc12. The normalized spacial score (nSPS) is 10.9. The summed E-state index contributed by atoms with van der Waals surface area (Å²) in [7, 11) is 3.55. The van der Waals surface area contributed by atoms with Gasteiger partial charge in [-0.3, -0.25) is 9.78 Å². The van der Waals surface area contributed by atoms with Crippen molar-refractivity contribution in [1.82, 2.24) is 4.98 Å². The van der Waals surface area contributed by atoms with Gasteiger partial charge in [0.25, 0.3) is 0 Å². The molecule has 31 heavy (non-hydrogen) atoms. The smallest absolute Gasteiger partial charge is 0.361 e. The highest BCUT2D eigenvalue weighted by atomic mass is 19.1. The summed E-state index contributed by atoms with van der Waals surface area (Å²) < 4.78 is 34.0. The highest BCUT2D eigenvalue weighted by Crippen LogP contribution is 2.36. The van der Waals surface area contributed by atoms with Crippen molar-refractivity contribution in [2.45, 2.75) is 5.92 Å². The molecule has 1 aromatic heterocycles. The van der Waals surface area contributed by atoms with Crippen LogP contribution in [-0.4, -0.2) is 38.3 Å². The number of carbonyl (C=O) groups excluding carboxylic acids is 2. The average molecular weight is 433 g/mol. The molecule has 8 nitrogen and oxygen atoms in total. The molecule has 0 atom stereocenters. The lowest BCUT2D eigenvalue weighted by Crippen LogP contribution is -2.26. The number of carbonyl (C=O) groups is 2. The molecule has 0 amide bonds. The van der Waals surface area contributed by atoms with Crippen molar-refractivity contribution >= 4 is 22.8 Å². The Labute approximate surface area is 175 Å². The van der Waals surface area contributed by atoms with Gasteiger partial charge in [0.1, 0.15) is 17.1 Å². The van der Waals surface area contributed by atoms with E-state index in [1.807, 2.05) is 0 Å². The zero-order valence-corrected chi connectivity index (χ0v) is 16.7. The lowest BCUT2D eigenvalue weighted by atomic mass is 9.93. The van der Waals surface area contributed by atoms with Gasteiger partial charge in [0, 0.05) is 17.0 Å². The molecule has 0 spiro atoms. The van der Waals surface area contributed by atoms with Crippen molar-refractivity contribution < 1.29 is 42.7 Å². The van der Waals surface area contributed by atoms with Crippen LogP contribution in [0.15, 0.2) is 42.5 Å². The fourth-order valence-electron chi connectivity index (χ4n) is 3.12. The van der Waals surface area contributed by atoms with Crippen molar-refractivity contribution in [3.8, 4) is 17.0 Å². The van der Waals surface area contributed by atoms with Crippen LogP contribution < -0.4 is 4.74 Å². The van der Waals surface area contributed by atoms with Gasteiger partial charge >= 0.3 is 11.9 Å². The number of halogens is 2. The van der Waals surface area contributed by atoms with E-state index in [2.05, 4.69) is 24.5 Å². The molecule has 0 aliphatic heterocycles. The predicted molar refractivity (Wildman–Crippen MR) is 103 cm³/mol. The van der Waals surface area contributed by atoms with E-state index in [1.165, 1.54) is 13.2 Å². The summed E-state index contributed by atoms with van der Waals surface area (Å²) in [5, 5.41) is -0.137. The minimum atomic E-state index is -1.79. The number of ether oxygens (including phenoxy) is 1. The van der Waals surface area contributed by atoms with E-state index in [0.29, 0.717) is 17.4 Å². The quantitative estimate of drug-likeness (QED) is 0.318. The Hall–Kier alpha value is -3.63. The van der Waals surface area contributed by atoms with Crippen LogP contribution >= 0.6 is 0 Å². The monoisotopic (exact) mass is 433 g/mol. The maximum absolute atomic E-state index is 14.7. The first-order valence-electron chi connectivity index (χ1n) is 8.83. The number of rotatable bonds is 7. The summed E-state index contributed by atoms with van der Waals surface area (Å²) in [5.41, 5.74) is 0.190. The number of benzene rings is 2. The molecule has 3 rings (SSSR count). The van der Waals surface area contributed by atoms with Gasteiger partial charge in [0.15, 0.2) is 11.7 Å². The van der Waals surface area contributed by atoms with E-state index in [-0.39, 0.29) is 22.2 Å². The van der Waals surface area contributed by atoms with E-state index < -0.39 is 29.5 Å². The number of aromatic nitrogens is 1. The molecule has 0 saturated heterocycles. The number of pyridine rings is 1. The molecule has 0 unspecified atom stereocenters. The summed E-state index contributed by atoms with van der Waals surface area (Å²) in [6, 6.07) is 9.61. The summed E-state index contributed by atoms with van der Waals surface area (Å²) in [5.74, 6) is -5.69. The number of nitrogens with zero attached hydrogens (tertiary/aromatic N) is 1. The third-order valence-electron chi connectivity index (χ3n) is 4.36. The first kappa shape index (κ1) is 22.1. The Kier molecular flexibility index (Phi) is 6.73. The maximum atomic E-state index is 14.7. The second-order valence-electron chi connectivity index (χ2n) is 6.15. The van der Waals surface area contributed by atoms with Crippen molar-refractivity contribution in [2.75, 3.05) is 21.3 Å². The molecular weight excluding hydrogens is 416 g/mol. The molecule has 0 N–H and O–H groups in total. The molecule has 162 valence electrons. The average Bonchev–Trinajstić information content (AvgIpc) is 2.74. The molecule has 1 heterocycles. The van der Waals surface area contributed by atoms with Crippen LogP contribution in [0, 0.1) is 11.6 Å². The number of para-hydroxylation sites is 1. The Bertz CT molecular complexity index is 1120. The van der Waals surface area contributed by atoms with Crippen LogP contribution in [0.25, 0.3) is 22.2 Å². The molecule has 0 radical (unpaired) electrons. The molecule has 0 fully saturated rings. The van der Waals surface area contributed by atoms with Crippen LogP contribution in [0.4, 0.5) is 8.78 Å². The summed E-state index contributed by atoms with van der Waals surface area (Å²) in [6.07, 6.45) is 0. The standard InChI is InChI=1S/C21H17F2NO7/c1-27-17-7-5-4-6-12(17)16-10-13(14-8-11(22)9-15(23)19(14)24-16)18(20(25)30-28-2)21(26)31-29-3/h4-10,18H,1-3H3. The van der Waals surface area contributed by atoms with Crippen molar-refractivity contribution in [1.29, 1.82) is 0 Å². The van der Waals surface area contributed by atoms with Crippen LogP contribution in [0.2, 0.25) is 0 Å². The highest BCUT2D eigenvalue weighted by Gasteiger charge is 2.36. The van der Waals surface area contributed by atoms with E-state index in [9.17, 15) is 18.4 Å². The Morgan fingerprint density at radius 1 is 0.935 bits per heavy atom. The van der Waals surface area contributed by atoms with Crippen molar-refractivity contribution in [3.63, 3.8) is 0 Å². The topological polar surface area (TPSA) is 93.2 Å². The predicted octanol–water partition coefficient (Wildman–Crippen LogP) is 3.48.